The lowest BCUT2D eigenvalue weighted by Crippen LogP contribution is -2.26. The van der Waals surface area contributed by atoms with Crippen molar-refractivity contribution in [1.82, 2.24) is 5.32 Å². The van der Waals surface area contributed by atoms with Gasteiger partial charge in [-0.1, -0.05) is 36.7 Å². The van der Waals surface area contributed by atoms with E-state index in [-0.39, 0.29) is 0 Å². The lowest BCUT2D eigenvalue weighted by atomic mass is 9.95. The lowest BCUT2D eigenvalue weighted by molar-refractivity contribution is 0.473. The smallest absolute Gasteiger partial charge is 0.0438 e. The van der Waals surface area contributed by atoms with Gasteiger partial charge in [-0.15, -0.1) is 11.3 Å². The topological polar surface area (TPSA) is 12.0 Å². The Kier molecular flexibility index (Phi) is 7.24. The van der Waals surface area contributed by atoms with E-state index in [0.717, 1.165) is 31.0 Å². The summed E-state index contributed by atoms with van der Waals surface area (Å²) in [4.78, 5) is 1.43. The van der Waals surface area contributed by atoms with Crippen LogP contribution in [0.3, 0.4) is 0 Å². The Morgan fingerprint density at radius 3 is 2.76 bits per heavy atom. The first kappa shape index (κ1) is 17.0. The number of hydrogen-bond donors (Lipinski definition) is 1. The summed E-state index contributed by atoms with van der Waals surface area (Å²) >= 11 is 11.7. The second-order valence-electron chi connectivity index (χ2n) is 5.30. The van der Waals surface area contributed by atoms with E-state index in [4.69, 9.17) is 11.6 Å². The second kappa shape index (κ2) is 8.94. The minimum absolute atomic E-state index is 0.571. The van der Waals surface area contributed by atoms with Crippen molar-refractivity contribution in [2.45, 2.75) is 26.2 Å². The molecule has 0 bridgehead atoms. The van der Waals surface area contributed by atoms with E-state index in [1.807, 2.05) is 23.5 Å². The molecule has 2 rings (SSSR count). The van der Waals surface area contributed by atoms with Crippen molar-refractivity contribution in [3.05, 3.63) is 55.6 Å². The zero-order valence-corrected chi connectivity index (χ0v) is 15.4. The van der Waals surface area contributed by atoms with Crippen molar-refractivity contribution >= 4 is 38.9 Å². The van der Waals surface area contributed by atoms with Gasteiger partial charge in [0.1, 0.15) is 0 Å². The van der Waals surface area contributed by atoms with Crippen LogP contribution in [0.15, 0.2) is 40.2 Å². The molecule has 0 saturated carbocycles. The van der Waals surface area contributed by atoms with Gasteiger partial charge < -0.3 is 5.32 Å². The Bertz CT molecular complexity index is 555. The summed E-state index contributed by atoms with van der Waals surface area (Å²) in [5.74, 6) is 0.571. The number of halogens is 2. The third kappa shape index (κ3) is 5.74. The van der Waals surface area contributed by atoms with Gasteiger partial charge in [0.25, 0.3) is 0 Å². The first-order valence-electron chi connectivity index (χ1n) is 7.36. The van der Waals surface area contributed by atoms with Crippen molar-refractivity contribution in [3.8, 4) is 0 Å². The van der Waals surface area contributed by atoms with Gasteiger partial charge in [-0.2, -0.15) is 0 Å². The predicted molar refractivity (Wildman–Crippen MR) is 97.5 cm³/mol. The summed E-state index contributed by atoms with van der Waals surface area (Å²) < 4.78 is 1.18. The van der Waals surface area contributed by atoms with E-state index in [1.165, 1.54) is 21.3 Å². The van der Waals surface area contributed by atoms with Gasteiger partial charge in [0, 0.05) is 19.8 Å². The Morgan fingerprint density at radius 1 is 1.29 bits per heavy atom. The zero-order valence-electron chi connectivity index (χ0n) is 12.2. The number of nitrogens with one attached hydrogen (secondary N) is 1. The number of rotatable bonds is 8. The van der Waals surface area contributed by atoms with E-state index in [2.05, 4.69) is 51.7 Å². The fraction of sp³-hybridized carbons (Fsp3) is 0.412. The van der Waals surface area contributed by atoms with Gasteiger partial charge in [-0.3, -0.25) is 0 Å². The van der Waals surface area contributed by atoms with Crippen LogP contribution < -0.4 is 5.32 Å². The van der Waals surface area contributed by atoms with Crippen molar-refractivity contribution in [2.75, 3.05) is 13.1 Å². The maximum atomic E-state index is 6.31. The van der Waals surface area contributed by atoms with E-state index in [9.17, 15) is 0 Å². The van der Waals surface area contributed by atoms with Crippen molar-refractivity contribution in [2.24, 2.45) is 5.92 Å². The molecule has 0 aliphatic heterocycles. The fourth-order valence-corrected chi connectivity index (χ4v) is 4.20. The highest BCUT2D eigenvalue weighted by atomic mass is 79.9. The van der Waals surface area contributed by atoms with Crippen LogP contribution >= 0.6 is 38.9 Å². The summed E-state index contributed by atoms with van der Waals surface area (Å²) in [6.07, 6.45) is 3.29. The Hall–Kier alpha value is -0.350. The summed E-state index contributed by atoms with van der Waals surface area (Å²) in [7, 11) is 0. The molecule has 0 fully saturated rings. The molecule has 0 saturated heterocycles. The molecule has 1 nitrogen and oxygen atoms in total. The molecule has 21 heavy (non-hydrogen) atoms. The average Bonchev–Trinajstić information content (AvgIpc) is 2.87. The molecular weight excluding hydrogens is 366 g/mol. The van der Waals surface area contributed by atoms with Crippen LogP contribution in [0, 0.1) is 5.92 Å². The molecule has 1 N–H and O–H groups in total. The molecule has 0 amide bonds. The normalized spacial score (nSPS) is 12.5. The molecule has 4 heteroatoms. The predicted octanol–water partition coefficient (Wildman–Crippen LogP) is 5.57. The van der Waals surface area contributed by atoms with Crippen LogP contribution in [0.25, 0.3) is 0 Å². The Balaban J connectivity index is 2.02. The first-order chi connectivity index (χ1) is 10.2. The number of thiophene rings is 1. The molecule has 1 atom stereocenters. The summed E-state index contributed by atoms with van der Waals surface area (Å²) in [5.41, 5.74) is 1.25. The molecule has 114 valence electrons. The zero-order chi connectivity index (χ0) is 15.1. The van der Waals surface area contributed by atoms with Crippen LogP contribution in [0.2, 0.25) is 5.02 Å². The first-order valence-corrected chi connectivity index (χ1v) is 9.41. The molecule has 0 spiro atoms. The molecule has 1 heterocycles. The third-order valence-electron chi connectivity index (χ3n) is 3.44. The highest BCUT2D eigenvalue weighted by molar-refractivity contribution is 9.10. The van der Waals surface area contributed by atoms with Gasteiger partial charge in [0.2, 0.25) is 0 Å². The largest absolute Gasteiger partial charge is 0.316 e. The Labute approximate surface area is 144 Å². The monoisotopic (exact) mass is 385 g/mol. The highest BCUT2D eigenvalue weighted by Crippen LogP contribution is 2.25. The van der Waals surface area contributed by atoms with Crippen molar-refractivity contribution < 1.29 is 0 Å². The number of hydrogen-bond acceptors (Lipinski definition) is 2. The quantitative estimate of drug-likeness (QED) is 0.585. The minimum atomic E-state index is 0.571. The molecule has 1 aromatic carbocycles. The minimum Gasteiger partial charge on any atom is -0.316 e. The Morgan fingerprint density at radius 2 is 2.10 bits per heavy atom. The van der Waals surface area contributed by atoms with Crippen LogP contribution in [0.4, 0.5) is 0 Å². The van der Waals surface area contributed by atoms with E-state index < -0.39 is 0 Å². The van der Waals surface area contributed by atoms with Crippen LogP contribution in [0.5, 0.6) is 0 Å². The molecule has 2 aromatic rings. The van der Waals surface area contributed by atoms with E-state index >= 15 is 0 Å². The molecule has 0 radical (unpaired) electrons. The van der Waals surface area contributed by atoms with Crippen LogP contribution in [-0.4, -0.2) is 13.1 Å². The second-order valence-corrected chi connectivity index (χ2v) is 7.62. The standard InChI is InChI=1S/C17H21BrClNS/c1-2-7-20-11-13(9-16-10-15(18)12-21-16)8-14-5-3-4-6-17(14)19/h3-6,10,12-13,20H,2,7-9,11H2,1H3. The van der Waals surface area contributed by atoms with Gasteiger partial charge >= 0.3 is 0 Å². The molecule has 1 unspecified atom stereocenters. The molecular formula is C17H21BrClNS. The van der Waals surface area contributed by atoms with Gasteiger partial charge in [-0.25, -0.2) is 0 Å². The lowest BCUT2D eigenvalue weighted by Gasteiger charge is -2.18. The third-order valence-corrected chi connectivity index (χ3v) is 5.53. The highest BCUT2D eigenvalue weighted by Gasteiger charge is 2.13. The van der Waals surface area contributed by atoms with E-state index in [0.29, 0.717) is 5.92 Å². The average molecular weight is 387 g/mol. The molecule has 0 aliphatic rings. The van der Waals surface area contributed by atoms with Gasteiger partial charge in [-0.05, 0) is 71.9 Å². The van der Waals surface area contributed by atoms with Gasteiger partial charge in [0.15, 0.2) is 0 Å². The maximum Gasteiger partial charge on any atom is 0.0438 e. The SMILES string of the molecule is CCCNCC(Cc1cc(Br)cs1)Cc1ccccc1Cl. The summed E-state index contributed by atoms with van der Waals surface area (Å²) in [6.45, 7) is 4.31. The number of benzene rings is 1. The fourth-order valence-electron chi connectivity index (χ4n) is 2.42. The summed E-state index contributed by atoms with van der Waals surface area (Å²) in [6, 6.07) is 10.4. The maximum absolute atomic E-state index is 6.31. The van der Waals surface area contributed by atoms with Crippen LogP contribution in [-0.2, 0) is 12.8 Å². The summed E-state index contributed by atoms with van der Waals surface area (Å²) in [5, 5.41) is 6.59. The van der Waals surface area contributed by atoms with Crippen LogP contribution in [0.1, 0.15) is 23.8 Å². The molecule has 0 aliphatic carbocycles. The van der Waals surface area contributed by atoms with Gasteiger partial charge in [0.05, 0.1) is 0 Å². The van der Waals surface area contributed by atoms with Crippen molar-refractivity contribution in [1.29, 1.82) is 0 Å². The molecule has 1 aromatic heterocycles. The van der Waals surface area contributed by atoms with E-state index in [1.54, 1.807) is 0 Å². The van der Waals surface area contributed by atoms with Crippen molar-refractivity contribution in [3.63, 3.8) is 0 Å².